The maximum absolute atomic E-state index is 12.1. The van der Waals surface area contributed by atoms with Gasteiger partial charge in [0, 0.05) is 23.2 Å². The molecule has 5 N–H and O–H groups in total. The molecule has 0 spiro atoms. The summed E-state index contributed by atoms with van der Waals surface area (Å²) in [5, 5.41) is 14.7. The monoisotopic (exact) mass is 293 g/mol. The molecule has 1 rings (SSSR count). The van der Waals surface area contributed by atoms with Crippen molar-refractivity contribution in [3.8, 4) is 0 Å². The van der Waals surface area contributed by atoms with E-state index in [0.717, 1.165) is 12.8 Å². The van der Waals surface area contributed by atoms with Gasteiger partial charge in [0.15, 0.2) is 0 Å². The molecule has 0 aliphatic rings. The van der Waals surface area contributed by atoms with E-state index in [-0.39, 0.29) is 17.9 Å². The molecule has 6 heteroatoms. The lowest BCUT2D eigenvalue weighted by Gasteiger charge is -2.29. The van der Waals surface area contributed by atoms with Gasteiger partial charge in [-0.15, -0.1) is 0 Å². The van der Waals surface area contributed by atoms with Gasteiger partial charge >= 0.3 is 6.03 Å². The molecule has 0 aliphatic carbocycles. The fourth-order valence-electron chi connectivity index (χ4n) is 2.00. The van der Waals surface area contributed by atoms with Crippen molar-refractivity contribution in [2.45, 2.75) is 26.7 Å². The fraction of sp³-hybridized carbons (Fsp3) is 0.467. The molecule has 0 fully saturated rings. The summed E-state index contributed by atoms with van der Waals surface area (Å²) in [4.78, 5) is 22.8. The lowest BCUT2D eigenvalue weighted by molar-refractivity contribution is 0.0851. The Kier molecular flexibility index (Phi) is 6.17. The molecule has 3 amide bonds. The zero-order valence-electron chi connectivity index (χ0n) is 12.5. The molecule has 6 nitrogen and oxygen atoms in total. The van der Waals surface area contributed by atoms with Crippen molar-refractivity contribution in [3.63, 3.8) is 0 Å². The first kappa shape index (κ1) is 17.0. The van der Waals surface area contributed by atoms with E-state index < -0.39 is 6.03 Å². The summed E-state index contributed by atoms with van der Waals surface area (Å²) in [6.07, 6.45) is 1.59. The molecule has 0 aromatic heterocycles. The van der Waals surface area contributed by atoms with Crippen LogP contribution in [0.15, 0.2) is 24.3 Å². The molecule has 1 aromatic rings. The van der Waals surface area contributed by atoms with Crippen molar-refractivity contribution in [2.75, 3.05) is 18.5 Å². The van der Waals surface area contributed by atoms with Crippen molar-refractivity contribution in [1.82, 2.24) is 5.32 Å². The van der Waals surface area contributed by atoms with E-state index in [0.29, 0.717) is 17.8 Å². The Morgan fingerprint density at radius 2 is 1.76 bits per heavy atom. The molecule has 0 heterocycles. The van der Waals surface area contributed by atoms with Crippen LogP contribution in [-0.4, -0.2) is 30.2 Å². The number of hydrogen-bond acceptors (Lipinski definition) is 3. The van der Waals surface area contributed by atoms with E-state index >= 15 is 0 Å². The van der Waals surface area contributed by atoms with Gasteiger partial charge in [-0.3, -0.25) is 4.79 Å². The Labute approximate surface area is 124 Å². The number of nitrogens with two attached hydrogens (primary N) is 1. The zero-order chi connectivity index (χ0) is 15.9. The van der Waals surface area contributed by atoms with Gasteiger partial charge < -0.3 is 21.5 Å². The highest BCUT2D eigenvalue weighted by Crippen LogP contribution is 2.24. The second-order valence-electron chi connectivity index (χ2n) is 5.11. The van der Waals surface area contributed by atoms with Gasteiger partial charge in [0.2, 0.25) is 0 Å². The quantitative estimate of drug-likeness (QED) is 0.615. The van der Waals surface area contributed by atoms with E-state index in [1.165, 1.54) is 0 Å². The average Bonchev–Trinajstić information content (AvgIpc) is 2.49. The third kappa shape index (κ3) is 4.75. The van der Waals surface area contributed by atoms with Crippen molar-refractivity contribution in [3.05, 3.63) is 29.8 Å². The number of aliphatic hydroxyl groups excluding tert-OH is 1. The predicted octanol–water partition coefficient (Wildman–Crippen LogP) is 1.71. The number of carbonyl (C=O) groups excluding carboxylic acids is 2. The maximum Gasteiger partial charge on any atom is 0.316 e. The van der Waals surface area contributed by atoms with Gasteiger partial charge in [0.1, 0.15) is 0 Å². The van der Waals surface area contributed by atoms with Gasteiger partial charge in [0.25, 0.3) is 5.91 Å². The molecule has 1 aromatic carbocycles. The molecular formula is C15H23N3O3. The standard InChI is InChI=1S/C15H23N3O3/c1-3-15(4-2,10-19)9-17-13(20)11-5-7-12(8-6-11)18-14(16)21/h5-8,19H,3-4,9-10H2,1-2H3,(H,17,20)(H3,16,18,21). The summed E-state index contributed by atoms with van der Waals surface area (Å²) in [6, 6.07) is 5.79. The number of aliphatic hydroxyl groups is 1. The number of rotatable bonds is 7. The second-order valence-corrected chi connectivity index (χ2v) is 5.11. The highest BCUT2D eigenvalue weighted by atomic mass is 16.3. The van der Waals surface area contributed by atoms with Crippen LogP contribution in [0.3, 0.4) is 0 Å². The Bertz CT molecular complexity index is 473. The zero-order valence-corrected chi connectivity index (χ0v) is 12.5. The Balaban J connectivity index is 2.65. The van der Waals surface area contributed by atoms with Crippen LogP contribution in [0.1, 0.15) is 37.0 Å². The summed E-state index contributed by atoms with van der Waals surface area (Å²) in [7, 11) is 0. The topological polar surface area (TPSA) is 104 Å². The van der Waals surface area contributed by atoms with E-state index in [2.05, 4.69) is 10.6 Å². The highest BCUT2D eigenvalue weighted by Gasteiger charge is 2.25. The normalized spacial score (nSPS) is 11.0. The lowest BCUT2D eigenvalue weighted by atomic mass is 9.83. The molecule has 0 unspecified atom stereocenters. The van der Waals surface area contributed by atoms with Crippen LogP contribution in [0.25, 0.3) is 0 Å². The van der Waals surface area contributed by atoms with E-state index in [4.69, 9.17) is 5.73 Å². The van der Waals surface area contributed by atoms with Gasteiger partial charge in [-0.25, -0.2) is 4.79 Å². The van der Waals surface area contributed by atoms with Gasteiger partial charge in [0.05, 0.1) is 6.61 Å². The largest absolute Gasteiger partial charge is 0.396 e. The van der Waals surface area contributed by atoms with Gasteiger partial charge in [-0.1, -0.05) is 13.8 Å². The number of carbonyl (C=O) groups is 2. The molecule has 0 saturated heterocycles. The molecule has 0 saturated carbocycles. The van der Waals surface area contributed by atoms with Gasteiger partial charge in [-0.2, -0.15) is 0 Å². The Hall–Kier alpha value is -2.08. The number of amides is 3. The molecule has 0 atom stereocenters. The molecular weight excluding hydrogens is 270 g/mol. The third-order valence-corrected chi connectivity index (χ3v) is 3.87. The van der Waals surface area contributed by atoms with Crippen molar-refractivity contribution >= 4 is 17.6 Å². The summed E-state index contributed by atoms with van der Waals surface area (Å²) in [5.41, 5.74) is 5.76. The van der Waals surface area contributed by atoms with Crippen LogP contribution in [0, 0.1) is 5.41 Å². The second kappa shape index (κ2) is 7.64. The third-order valence-electron chi connectivity index (χ3n) is 3.87. The molecule has 116 valence electrons. The van der Waals surface area contributed by atoms with Crippen molar-refractivity contribution in [1.29, 1.82) is 0 Å². The number of benzene rings is 1. The lowest BCUT2D eigenvalue weighted by Crippen LogP contribution is -2.39. The first-order chi connectivity index (χ1) is 9.96. The van der Waals surface area contributed by atoms with Crippen LogP contribution in [0.2, 0.25) is 0 Å². The predicted molar refractivity (Wildman–Crippen MR) is 82.1 cm³/mol. The van der Waals surface area contributed by atoms with Crippen molar-refractivity contribution < 1.29 is 14.7 Å². The van der Waals surface area contributed by atoms with Crippen LogP contribution in [0.4, 0.5) is 10.5 Å². The molecule has 21 heavy (non-hydrogen) atoms. The number of hydrogen-bond donors (Lipinski definition) is 4. The minimum atomic E-state index is -0.647. The van der Waals surface area contributed by atoms with Gasteiger partial charge in [-0.05, 0) is 37.1 Å². The fourth-order valence-corrected chi connectivity index (χ4v) is 2.00. The van der Waals surface area contributed by atoms with Crippen LogP contribution >= 0.6 is 0 Å². The summed E-state index contributed by atoms with van der Waals surface area (Å²) in [6.45, 7) is 4.46. The number of urea groups is 1. The van der Waals surface area contributed by atoms with Crippen LogP contribution in [-0.2, 0) is 0 Å². The first-order valence-electron chi connectivity index (χ1n) is 7.02. The molecule has 0 aliphatic heterocycles. The Morgan fingerprint density at radius 1 is 1.19 bits per heavy atom. The van der Waals surface area contributed by atoms with Crippen molar-refractivity contribution in [2.24, 2.45) is 11.1 Å². The number of anilines is 1. The smallest absolute Gasteiger partial charge is 0.316 e. The average molecular weight is 293 g/mol. The molecule has 0 bridgehead atoms. The SMILES string of the molecule is CCC(CC)(CO)CNC(=O)c1ccc(NC(N)=O)cc1. The summed E-state index contributed by atoms with van der Waals surface area (Å²) in [5.74, 6) is -0.208. The van der Waals surface area contributed by atoms with E-state index in [1.807, 2.05) is 13.8 Å². The minimum Gasteiger partial charge on any atom is -0.396 e. The number of nitrogens with one attached hydrogen (secondary N) is 2. The van der Waals surface area contributed by atoms with Crippen LogP contribution in [0.5, 0.6) is 0 Å². The van der Waals surface area contributed by atoms with Crippen LogP contribution < -0.4 is 16.4 Å². The van der Waals surface area contributed by atoms with E-state index in [1.54, 1.807) is 24.3 Å². The maximum atomic E-state index is 12.1. The summed E-state index contributed by atoms with van der Waals surface area (Å²) >= 11 is 0. The molecule has 0 radical (unpaired) electrons. The summed E-state index contributed by atoms with van der Waals surface area (Å²) < 4.78 is 0. The number of primary amides is 1. The minimum absolute atomic E-state index is 0.0434. The van der Waals surface area contributed by atoms with E-state index in [9.17, 15) is 14.7 Å². The first-order valence-corrected chi connectivity index (χ1v) is 7.02. The highest BCUT2D eigenvalue weighted by molar-refractivity contribution is 5.95. The Morgan fingerprint density at radius 3 is 2.19 bits per heavy atom.